The van der Waals surface area contributed by atoms with Gasteiger partial charge in [-0.15, -0.1) is 6.58 Å². The molecule has 27 heavy (non-hydrogen) atoms. The quantitative estimate of drug-likeness (QED) is 0.226. The molecule has 0 amide bonds. The van der Waals surface area contributed by atoms with Gasteiger partial charge in [-0.2, -0.15) is 13.8 Å². The average molecular weight is 381 g/mol. The first-order valence-corrected chi connectivity index (χ1v) is 8.90. The Morgan fingerprint density at radius 1 is 1.44 bits per heavy atom. The Hall–Kier alpha value is -2.35. The minimum absolute atomic E-state index is 0.0104. The largest absolute Gasteiger partial charge is 0.316 e. The zero-order chi connectivity index (χ0) is 20.1. The van der Waals surface area contributed by atoms with Crippen molar-refractivity contribution in [2.75, 3.05) is 13.1 Å². The van der Waals surface area contributed by atoms with Gasteiger partial charge in [-0.3, -0.25) is 5.41 Å². The minimum Gasteiger partial charge on any atom is -0.316 e. The fraction of sp³-hybridized carbons (Fsp3) is 0.474. The number of nitrogens with one attached hydrogen (secondary N) is 2. The summed E-state index contributed by atoms with van der Waals surface area (Å²) in [5.74, 6) is -1.88. The smallest absolute Gasteiger partial charge is 0.251 e. The van der Waals surface area contributed by atoms with E-state index in [9.17, 15) is 13.2 Å². The zero-order valence-electron chi connectivity index (χ0n) is 15.5. The van der Waals surface area contributed by atoms with E-state index in [1.54, 1.807) is 13.0 Å². The highest BCUT2D eigenvalue weighted by atomic mass is 19.1. The van der Waals surface area contributed by atoms with Gasteiger partial charge in [0.1, 0.15) is 5.83 Å². The Morgan fingerprint density at radius 3 is 2.85 bits per heavy atom. The van der Waals surface area contributed by atoms with Gasteiger partial charge in [0.2, 0.25) is 5.95 Å². The molecular formula is C19H26F3N5. The van der Waals surface area contributed by atoms with Crippen LogP contribution in [0.2, 0.25) is 0 Å². The van der Waals surface area contributed by atoms with Crippen molar-refractivity contribution in [3.05, 3.63) is 42.3 Å². The van der Waals surface area contributed by atoms with Crippen molar-refractivity contribution in [1.82, 2.24) is 15.3 Å². The van der Waals surface area contributed by atoms with E-state index in [0.717, 1.165) is 0 Å². The Bertz CT molecular complexity index is 673. The van der Waals surface area contributed by atoms with Crippen molar-refractivity contribution in [2.45, 2.75) is 39.0 Å². The van der Waals surface area contributed by atoms with E-state index < -0.39 is 11.9 Å². The van der Waals surface area contributed by atoms with Gasteiger partial charge in [0.25, 0.3) is 5.95 Å². The molecule has 2 N–H and O–H groups in total. The fourth-order valence-electron chi connectivity index (χ4n) is 2.35. The summed E-state index contributed by atoms with van der Waals surface area (Å²) in [4.78, 5) is 11.4. The van der Waals surface area contributed by atoms with Crippen LogP contribution in [0.15, 0.2) is 35.7 Å². The van der Waals surface area contributed by atoms with E-state index >= 15 is 0 Å². The van der Waals surface area contributed by atoms with Gasteiger partial charge in [0, 0.05) is 24.4 Å². The summed E-state index contributed by atoms with van der Waals surface area (Å²) in [6, 6.07) is 0. The molecule has 0 aromatic carbocycles. The van der Waals surface area contributed by atoms with Gasteiger partial charge in [0.05, 0.1) is 0 Å². The van der Waals surface area contributed by atoms with E-state index in [-0.39, 0.29) is 30.5 Å². The molecule has 0 fully saturated rings. The van der Waals surface area contributed by atoms with Crippen molar-refractivity contribution < 1.29 is 13.2 Å². The predicted molar refractivity (Wildman–Crippen MR) is 103 cm³/mol. The van der Waals surface area contributed by atoms with E-state index in [0.29, 0.717) is 37.9 Å². The summed E-state index contributed by atoms with van der Waals surface area (Å²) in [7, 11) is 0. The summed E-state index contributed by atoms with van der Waals surface area (Å²) >= 11 is 0. The number of hydrogen-bond acceptors (Lipinski definition) is 5. The second kappa shape index (κ2) is 12.9. The van der Waals surface area contributed by atoms with E-state index in [1.165, 1.54) is 18.5 Å². The second-order valence-electron chi connectivity index (χ2n) is 6.04. The normalized spacial score (nSPS) is 13.1. The standard InChI is InChI=1S/C19H26F3N5/c1-3-6-14(11-17(21)23)12-24-9-5-7-15-13-26-19(27-18(15)22)25-10-8-16(20)4-2/h3,8,10,13-14,23-24H,1,4-7,9,11-12H2,2H3/b16-8+,23-17?,25-10?. The third-order valence-corrected chi connectivity index (χ3v) is 3.78. The molecule has 0 bridgehead atoms. The topological polar surface area (TPSA) is 74.0 Å². The lowest BCUT2D eigenvalue weighted by atomic mass is 10.0. The monoisotopic (exact) mass is 381 g/mol. The molecular weight excluding hydrogens is 355 g/mol. The zero-order valence-corrected chi connectivity index (χ0v) is 15.5. The molecule has 5 nitrogen and oxygen atoms in total. The van der Waals surface area contributed by atoms with Gasteiger partial charge in [0.15, 0.2) is 5.97 Å². The highest BCUT2D eigenvalue weighted by Crippen LogP contribution is 2.12. The maximum atomic E-state index is 14.0. The third-order valence-electron chi connectivity index (χ3n) is 3.78. The Morgan fingerprint density at radius 2 is 2.22 bits per heavy atom. The van der Waals surface area contributed by atoms with Crippen molar-refractivity contribution >= 4 is 18.1 Å². The molecule has 148 valence electrons. The van der Waals surface area contributed by atoms with Crippen LogP contribution in [0.4, 0.5) is 19.1 Å². The fourth-order valence-corrected chi connectivity index (χ4v) is 2.35. The second-order valence-corrected chi connectivity index (χ2v) is 6.04. The molecule has 1 rings (SSSR count). The number of halogens is 3. The van der Waals surface area contributed by atoms with E-state index in [4.69, 9.17) is 5.41 Å². The molecule has 8 heteroatoms. The van der Waals surface area contributed by atoms with Crippen molar-refractivity contribution in [3.63, 3.8) is 0 Å². The van der Waals surface area contributed by atoms with Crippen LogP contribution in [0.25, 0.3) is 0 Å². The van der Waals surface area contributed by atoms with Crippen LogP contribution in [0, 0.1) is 17.3 Å². The third kappa shape index (κ3) is 9.79. The molecule has 0 aliphatic rings. The van der Waals surface area contributed by atoms with Crippen LogP contribution in [0.3, 0.4) is 0 Å². The van der Waals surface area contributed by atoms with E-state index in [2.05, 4.69) is 26.9 Å². The van der Waals surface area contributed by atoms with Gasteiger partial charge in [-0.05, 0) is 50.8 Å². The van der Waals surface area contributed by atoms with Crippen molar-refractivity contribution in [1.29, 1.82) is 5.41 Å². The lowest BCUT2D eigenvalue weighted by molar-refractivity contribution is 0.475. The maximum absolute atomic E-state index is 14.0. The number of hydrogen-bond donors (Lipinski definition) is 2. The average Bonchev–Trinajstić information content (AvgIpc) is 2.62. The summed E-state index contributed by atoms with van der Waals surface area (Å²) in [5, 5.41) is 10.1. The molecule has 0 saturated carbocycles. The highest BCUT2D eigenvalue weighted by Gasteiger charge is 2.10. The molecule has 0 aliphatic carbocycles. The van der Waals surface area contributed by atoms with Crippen LogP contribution in [-0.4, -0.2) is 35.2 Å². The number of rotatable bonds is 13. The summed E-state index contributed by atoms with van der Waals surface area (Å²) in [6.45, 7) is 6.49. The molecule has 0 saturated heterocycles. The molecule has 0 radical (unpaired) electrons. The number of aliphatic imine (C=N–C) groups is 1. The van der Waals surface area contributed by atoms with Gasteiger partial charge < -0.3 is 5.32 Å². The first kappa shape index (κ1) is 22.7. The SMILES string of the molecule is C=CCC(CNCCCc1cnc(N=C/C=C(/F)CC)nc1F)CC(=N)F. The van der Waals surface area contributed by atoms with Crippen LogP contribution in [0.5, 0.6) is 0 Å². The first-order chi connectivity index (χ1) is 13.0. The lowest BCUT2D eigenvalue weighted by Gasteiger charge is -2.14. The Balaban J connectivity index is 2.42. The number of nitrogens with zero attached hydrogens (tertiary/aromatic N) is 3. The van der Waals surface area contributed by atoms with Crippen LogP contribution in [-0.2, 0) is 6.42 Å². The molecule has 0 aliphatic heterocycles. The molecule has 1 aromatic rings. The maximum Gasteiger partial charge on any atom is 0.251 e. The molecule has 0 spiro atoms. The van der Waals surface area contributed by atoms with E-state index in [1.807, 2.05) is 0 Å². The Kier molecular flexibility index (Phi) is 10.9. The Labute approximate surface area is 158 Å². The molecule has 1 aromatic heterocycles. The van der Waals surface area contributed by atoms with Crippen LogP contribution in [0.1, 0.15) is 38.2 Å². The van der Waals surface area contributed by atoms with Crippen LogP contribution >= 0.6 is 0 Å². The summed E-state index contributed by atoms with van der Waals surface area (Å²) < 4.78 is 39.6. The highest BCUT2D eigenvalue weighted by molar-refractivity contribution is 5.73. The van der Waals surface area contributed by atoms with Crippen molar-refractivity contribution in [2.24, 2.45) is 10.9 Å². The minimum atomic E-state index is -0.835. The summed E-state index contributed by atoms with van der Waals surface area (Å²) in [6.07, 6.45) is 7.54. The van der Waals surface area contributed by atoms with Gasteiger partial charge in [-0.1, -0.05) is 13.0 Å². The number of aromatic nitrogens is 2. The lowest BCUT2D eigenvalue weighted by Crippen LogP contribution is -2.25. The predicted octanol–water partition coefficient (Wildman–Crippen LogP) is 4.63. The number of aryl methyl sites for hydroxylation is 1. The molecule has 1 heterocycles. The molecule has 1 unspecified atom stereocenters. The number of allylic oxidation sites excluding steroid dienone is 3. The van der Waals surface area contributed by atoms with Gasteiger partial charge in [-0.25, -0.2) is 14.4 Å². The van der Waals surface area contributed by atoms with Gasteiger partial charge >= 0.3 is 0 Å². The van der Waals surface area contributed by atoms with Crippen LogP contribution < -0.4 is 5.32 Å². The first-order valence-electron chi connectivity index (χ1n) is 8.90. The summed E-state index contributed by atoms with van der Waals surface area (Å²) in [5.41, 5.74) is 0.374. The van der Waals surface area contributed by atoms with Crippen molar-refractivity contribution in [3.8, 4) is 0 Å². The molecule has 1 atom stereocenters.